The molecule has 2 aromatic carbocycles. The van der Waals surface area contributed by atoms with Crippen LogP contribution in [0.1, 0.15) is 30.3 Å². The highest BCUT2D eigenvalue weighted by Crippen LogP contribution is 2.43. The monoisotopic (exact) mass is 327 g/mol. The second-order valence-electron chi connectivity index (χ2n) is 5.58. The highest BCUT2D eigenvalue weighted by atomic mass is 32.2. The molecule has 0 radical (unpaired) electrons. The minimum Gasteiger partial charge on any atom is -0.494 e. The van der Waals surface area contributed by atoms with E-state index in [1.807, 2.05) is 61.2 Å². The average molecular weight is 327 g/mol. The molecule has 1 amide bonds. The fraction of sp³-hybridized carbons (Fsp3) is 0.316. The second kappa shape index (κ2) is 7.09. The van der Waals surface area contributed by atoms with Crippen LogP contribution in [0, 0.1) is 0 Å². The van der Waals surface area contributed by atoms with Crippen LogP contribution < -0.4 is 4.74 Å². The van der Waals surface area contributed by atoms with Crippen LogP contribution in [0.25, 0.3) is 0 Å². The zero-order valence-electron chi connectivity index (χ0n) is 13.4. The predicted molar refractivity (Wildman–Crippen MR) is 94.4 cm³/mol. The van der Waals surface area contributed by atoms with Gasteiger partial charge >= 0.3 is 0 Å². The van der Waals surface area contributed by atoms with E-state index >= 15 is 0 Å². The van der Waals surface area contributed by atoms with Crippen LogP contribution in [-0.4, -0.2) is 22.7 Å². The lowest BCUT2D eigenvalue weighted by molar-refractivity contribution is -0.130. The molecule has 1 heterocycles. The van der Waals surface area contributed by atoms with Gasteiger partial charge in [0.1, 0.15) is 11.1 Å². The number of hydrogen-bond donors (Lipinski definition) is 0. The molecule has 0 bridgehead atoms. The summed E-state index contributed by atoms with van der Waals surface area (Å²) in [6.07, 6.45) is 0. The zero-order chi connectivity index (χ0) is 16.2. The first-order valence-corrected chi connectivity index (χ1v) is 8.86. The van der Waals surface area contributed by atoms with Crippen LogP contribution in [-0.2, 0) is 11.3 Å². The van der Waals surface area contributed by atoms with Gasteiger partial charge in [-0.1, -0.05) is 42.5 Å². The van der Waals surface area contributed by atoms with Gasteiger partial charge in [-0.3, -0.25) is 4.79 Å². The maximum Gasteiger partial charge on any atom is 0.236 e. The van der Waals surface area contributed by atoms with Crippen molar-refractivity contribution in [1.29, 1.82) is 0 Å². The van der Waals surface area contributed by atoms with Crippen LogP contribution in [0.3, 0.4) is 0 Å². The molecule has 1 saturated heterocycles. The fourth-order valence-electron chi connectivity index (χ4n) is 2.77. The summed E-state index contributed by atoms with van der Waals surface area (Å²) in [4.78, 5) is 14.5. The number of benzene rings is 2. The molecule has 4 heteroatoms. The summed E-state index contributed by atoms with van der Waals surface area (Å²) in [5, 5.41) is 0.0909. The van der Waals surface area contributed by atoms with Crippen molar-refractivity contribution >= 4 is 17.7 Å². The molecular formula is C19H21NO2S. The lowest BCUT2D eigenvalue weighted by Crippen LogP contribution is -2.29. The van der Waals surface area contributed by atoms with Crippen LogP contribution in [0.4, 0.5) is 0 Å². The van der Waals surface area contributed by atoms with Crippen LogP contribution >= 0.6 is 11.8 Å². The van der Waals surface area contributed by atoms with Gasteiger partial charge in [0.25, 0.3) is 0 Å². The van der Waals surface area contributed by atoms with E-state index in [-0.39, 0.29) is 16.5 Å². The number of nitrogens with zero attached hydrogens (tertiary/aromatic N) is 1. The first-order valence-electron chi connectivity index (χ1n) is 7.91. The number of carbonyl (C=O) groups excluding carboxylic acids is 1. The molecule has 0 spiro atoms. The van der Waals surface area contributed by atoms with Crippen molar-refractivity contribution < 1.29 is 9.53 Å². The Kier molecular flexibility index (Phi) is 4.91. The molecule has 1 aliphatic rings. The molecule has 2 atom stereocenters. The SMILES string of the molecule is CCOc1ccc(CN2C(=O)[C@H](C)S[C@@H]2c2ccccc2)cc1. The Hall–Kier alpha value is -1.94. The van der Waals surface area contributed by atoms with Gasteiger partial charge in [-0.2, -0.15) is 0 Å². The highest BCUT2D eigenvalue weighted by Gasteiger charge is 2.38. The van der Waals surface area contributed by atoms with Gasteiger partial charge in [0.05, 0.1) is 11.9 Å². The van der Waals surface area contributed by atoms with Crippen molar-refractivity contribution in [3.05, 3.63) is 65.7 Å². The molecule has 23 heavy (non-hydrogen) atoms. The van der Waals surface area contributed by atoms with Gasteiger partial charge in [0.15, 0.2) is 0 Å². The molecule has 0 aromatic heterocycles. The number of rotatable bonds is 5. The van der Waals surface area contributed by atoms with Gasteiger partial charge < -0.3 is 9.64 Å². The number of hydrogen-bond acceptors (Lipinski definition) is 3. The number of amides is 1. The average Bonchev–Trinajstić information content (AvgIpc) is 2.86. The van der Waals surface area contributed by atoms with Gasteiger partial charge in [-0.15, -0.1) is 11.8 Å². The molecule has 0 saturated carbocycles. The Balaban J connectivity index is 1.79. The largest absolute Gasteiger partial charge is 0.494 e. The number of ether oxygens (including phenoxy) is 1. The maximum absolute atomic E-state index is 12.5. The van der Waals surface area contributed by atoms with Gasteiger partial charge in [0, 0.05) is 6.54 Å². The van der Waals surface area contributed by atoms with Crippen molar-refractivity contribution in [2.45, 2.75) is 31.0 Å². The summed E-state index contributed by atoms with van der Waals surface area (Å²) in [7, 11) is 0. The van der Waals surface area contributed by atoms with Crippen molar-refractivity contribution in [2.24, 2.45) is 0 Å². The maximum atomic E-state index is 12.5. The Labute approximate surface area is 141 Å². The predicted octanol–water partition coefficient (Wildman–Crippen LogP) is 4.25. The van der Waals surface area contributed by atoms with E-state index < -0.39 is 0 Å². The topological polar surface area (TPSA) is 29.5 Å². The Morgan fingerprint density at radius 1 is 1.09 bits per heavy atom. The molecule has 1 aliphatic heterocycles. The van der Waals surface area contributed by atoms with Crippen molar-refractivity contribution in [1.82, 2.24) is 4.90 Å². The van der Waals surface area contributed by atoms with Crippen molar-refractivity contribution in [3.8, 4) is 5.75 Å². The van der Waals surface area contributed by atoms with E-state index in [4.69, 9.17) is 4.74 Å². The van der Waals surface area contributed by atoms with E-state index in [0.29, 0.717) is 13.2 Å². The third kappa shape index (κ3) is 3.53. The highest BCUT2D eigenvalue weighted by molar-refractivity contribution is 8.01. The van der Waals surface area contributed by atoms with E-state index in [2.05, 4.69) is 12.1 Å². The van der Waals surface area contributed by atoms with Crippen molar-refractivity contribution in [3.63, 3.8) is 0 Å². The van der Waals surface area contributed by atoms with Crippen LogP contribution in [0.5, 0.6) is 5.75 Å². The summed E-state index contributed by atoms with van der Waals surface area (Å²) in [5.41, 5.74) is 2.30. The molecule has 3 rings (SSSR count). The van der Waals surface area contributed by atoms with E-state index in [0.717, 1.165) is 11.3 Å². The first-order chi connectivity index (χ1) is 11.2. The minimum absolute atomic E-state index is 0.00269. The molecule has 2 aromatic rings. The zero-order valence-corrected chi connectivity index (χ0v) is 14.3. The summed E-state index contributed by atoms with van der Waals surface area (Å²) in [6.45, 7) is 5.25. The third-order valence-corrected chi connectivity index (χ3v) is 5.31. The molecule has 1 fully saturated rings. The Morgan fingerprint density at radius 2 is 1.78 bits per heavy atom. The smallest absolute Gasteiger partial charge is 0.236 e. The summed E-state index contributed by atoms with van der Waals surface area (Å²) in [6, 6.07) is 18.2. The number of carbonyl (C=O) groups is 1. The fourth-order valence-corrected chi connectivity index (χ4v) is 4.04. The quantitative estimate of drug-likeness (QED) is 0.822. The normalized spacial score (nSPS) is 20.8. The molecule has 0 unspecified atom stereocenters. The summed E-state index contributed by atoms with van der Waals surface area (Å²) >= 11 is 1.72. The molecule has 3 nitrogen and oxygen atoms in total. The summed E-state index contributed by atoms with van der Waals surface area (Å²) in [5.74, 6) is 1.07. The minimum atomic E-state index is 0.00269. The molecule has 0 N–H and O–H groups in total. The summed E-state index contributed by atoms with van der Waals surface area (Å²) < 4.78 is 5.47. The van der Waals surface area contributed by atoms with Gasteiger partial charge in [-0.05, 0) is 37.1 Å². The van der Waals surface area contributed by atoms with Crippen LogP contribution in [0.15, 0.2) is 54.6 Å². The molecule has 120 valence electrons. The Morgan fingerprint density at radius 3 is 2.43 bits per heavy atom. The van der Waals surface area contributed by atoms with Crippen molar-refractivity contribution in [2.75, 3.05) is 6.61 Å². The molecular weight excluding hydrogens is 306 g/mol. The van der Waals surface area contributed by atoms with E-state index in [9.17, 15) is 4.79 Å². The lowest BCUT2D eigenvalue weighted by Gasteiger charge is -2.24. The van der Waals surface area contributed by atoms with E-state index in [1.165, 1.54) is 5.56 Å². The third-order valence-electron chi connectivity index (χ3n) is 3.92. The van der Waals surface area contributed by atoms with Gasteiger partial charge in [-0.25, -0.2) is 0 Å². The Bertz CT molecular complexity index is 657. The number of thioether (sulfide) groups is 1. The standard InChI is InChI=1S/C19H21NO2S/c1-3-22-17-11-9-15(10-12-17)13-20-18(21)14(2)23-19(20)16-7-5-4-6-8-16/h4-12,14,19H,3,13H2,1-2H3/t14-,19+/m0/s1. The van der Waals surface area contributed by atoms with Gasteiger partial charge in [0.2, 0.25) is 5.91 Å². The van der Waals surface area contributed by atoms with Crippen LogP contribution in [0.2, 0.25) is 0 Å². The lowest BCUT2D eigenvalue weighted by atomic mass is 10.1. The van der Waals surface area contributed by atoms with E-state index in [1.54, 1.807) is 11.8 Å². The first kappa shape index (κ1) is 15.9. The molecule has 0 aliphatic carbocycles. The second-order valence-corrected chi connectivity index (χ2v) is 7.01.